The number of nitrogens with zero attached hydrogens (tertiary/aromatic N) is 1. The molecular weight excluding hydrogens is 172 g/mol. The van der Waals surface area contributed by atoms with Gasteiger partial charge in [-0.2, -0.15) is 0 Å². The van der Waals surface area contributed by atoms with E-state index in [0.29, 0.717) is 0 Å². The number of nitrogens with two attached hydrogens (primary N) is 1. The van der Waals surface area contributed by atoms with Gasteiger partial charge >= 0.3 is 0 Å². The van der Waals surface area contributed by atoms with Gasteiger partial charge in [0.05, 0.1) is 0 Å². The van der Waals surface area contributed by atoms with Gasteiger partial charge in [-0.1, -0.05) is 20.8 Å². The lowest BCUT2D eigenvalue weighted by molar-refractivity contribution is 0.130. The third kappa shape index (κ3) is 4.97. The maximum Gasteiger partial charge on any atom is 0.0275 e. The molecule has 0 saturated heterocycles. The number of likely N-dealkylation sites (N-methyl/N-ethyl adjacent to an activating group) is 1. The molecule has 0 aromatic carbocycles. The molecule has 0 aromatic heterocycles. The molecule has 14 heavy (non-hydrogen) atoms. The monoisotopic (exact) mass is 200 g/mol. The van der Waals surface area contributed by atoms with Crippen LogP contribution in [0.15, 0.2) is 0 Å². The Kier molecular flexibility index (Phi) is 6.38. The van der Waals surface area contributed by atoms with Crippen molar-refractivity contribution in [2.24, 2.45) is 11.7 Å². The molecule has 0 atom stereocenters. The Labute approximate surface area is 89.9 Å². The van der Waals surface area contributed by atoms with Crippen LogP contribution >= 0.6 is 0 Å². The van der Waals surface area contributed by atoms with Crippen molar-refractivity contribution in [2.45, 2.75) is 53.0 Å². The smallest absolute Gasteiger partial charge is 0.0275 e. The summed E-state index contributed by atoms with van der Waals surface area (Å²) in [6, 6.07) is 0. The fourth-order valence-electron chi connectivity index (χ4n) is 1.71. The van der Waals surface area contributed by atoms with E-state index in [1.165, 1.54) is 19.4 Å². The lowest BCUT2D eigenvalue weighted by Gasteiger charge is -2.37. The minimum Gasteiger partial charge on any atom is -0.329 e. The number of hydrogen-bond donors (Lipinski definition) is 1. The standard InChI is InChI=1S/C12H28N2/c1-6-14(12(4,5)10-13)9-7-8-11(2)3/h11H,6-10,13H2,1-5H3. The summed E-state index contributed by atoms with van der Waals surface area (Å²) in [4.78, 5) is 2.48. The van der Waals surface area contributed by atoms with Gasteiger partial charge in [-0.3, -0.25) is 4.90 Å². The highest BCUT2D eigenvalue weighted by molar-refractivity contribution is 4.81. The average Bonchev–Trinajstić information content (AvgIpc) is 2.11. The van der Waals surface area contributed by atoms with Crippen LogP contribution in [0.25, 0.3) is 0 Å². The first kappa shape index (κ1) is 13.9. The number of rotatable bonds is 7. The summed E-state index contributed by atoms with van der Waals surface area (Å²) in [6.07, 6.45) is 2.60. The van der Waals surface area contributed by atoms with Crippen LogP contribution in [0.1, 0.15) is 47.5 Å². The third-order valence-corrected chi connectivity index (χ3v) is 2.95. The zero-order chi connectivity index (χ0) is 11.2. The van der Waals surface area contributed by atoms with Crippen LogP contribution in [-0.2, 0) is 0 Å². The molecule has 0 rings (SSSR count). The highest BCUT2D eigenvalue weighted by Gasteiger charge is 2.22. The largest absolute Gasteiger partial charge is 0.329 e. The Morgan fingerprint density at radius 2 is 1.86 bits per heavy atom. The van der Waals surface area contributed by atoms with Crippen molar-refractivity contribution >= 4 is 0 Å². The van der Waals surface area contributed by atoms with Gasteiger partial charge in [0.2, 0.25) is 0 Å². The SMILES string of the molecule is CCN(CCCC(C)C)C(C)(C)CN. The maximum atomic E-state index is 5.77. The molecule has 0 aromatic rings. The predicted molar refractivity (Wildman–Crippen MR) is 64.5 cm³/mol. The molecule has 2 nitrogen and oxygen atoms in total. The minimum absolute atomic E-state index is 0.158. The van der Waals surface area contributed by atoms with E-state index in [-0.39, 0.29) is 5.54 Å². The van der Waals surface area contributed by atoms with Crippen LogP contribution in [0.4, 0.5) is 0 Å². The van der Waals surface area contributed by atoms with E-state index in [1.54, 1.807) is 0 Å². The highest BCUT2D eigenvalue weighted by Crippen LogP contribution is 2.14. The van der Waals surface area contributed by atoms with Crippen molar-refractivity contribution in [3.05, 3.63) is 0 Å². The summed E-state index contributed by atoms with van der Waals surface area (Å²) in [5, 5.41) is 0. The Hall–Kier alpha value is -0.0800. The molecule has 0 fully saturated rings. The third-order valence-electron chi connectivity index (χ3n) is 2.95. The van der Waals surface area contributed by atoms with E-state index in [1.807, 2.05) is 0 Å². The summed E-state index contributed by atoms with van der Waals surface area (Å²) < 4.78 is 0. The molecule has 0 aliphatic heterocycles. The van der Waals surface area contributed by atoms with Crippen LogP contribution in [0.3, 0.4) is 0 Å². The molecule has 0 bridgehead atoms. The topological polar surface area (TPSA) is 29.3 Å². The fourth-order valence-corrected chi connectivity index (χ4v) is 1.71. The average molecular weight is 200 g/mol. The maximum absolute atomic E-state index is 5.77. The van der Waals surface area contributed by atoms with Crippen LogP contribution < -0.4 is 5.73 Å². The molecule has 0 amide bonds. The Morgan fingerprint density at radius 3 is 2.21 bits per heavy atom. The van der Waals surface area contributed by atoms with Crippen molar-refractivity contribution in [2.75, 3.05) is 19.6 Å². The first-order chi connectivity index (χ1) is 6.44. The lowest BCUT2D eigenvalue weighted by Crippen LogP contribution is -2.49. The van der Waals surface area contributed by atoms with Gasteiger partial charge in [-0.15, -0.1) is 0 Å². The van der Waals surface area contributed by atoms with Gasteiger partial charge in [0.1, 0.15) is 0 Å². The zero-order valence-corrected chi connectivity index (χ0v) is 10.6. The van der Waals surface area contributed by atoms with Crippen molar-refractivity contribution in [1.29, 1.82) is 0 Å². The molecule has 0 unspecified atom stereocenters. The van der Waals surface area contributed by atoms with E-state index in [0.717, 1.165) is 19.0 Å². The van der Waals surface area contributed by atoms with Crippen molar-refractivity contribution < 1.29 is 0 Å². The molecule has 2 heteroatoms. The second-order valence-electron chi connectivity index (χ2n) is 5.13. The summed E-state index contributed by atoms with van der Waals surface area (Å²) in [5.41, 5.74) is 5.93. The van der Waals surface area contributed by atoms with Crippen LogP contribution in [0.2, 0.25) is 0 Å². The van der Waals surface area contributed by atoms with Crippen molar-refractivity contribution in [3.63, 3.8) is 0 Å². The van der Waals surface area contributed by atoms with E-state index >= 15 is 0 Å². The predicted octanol–water partition coefficient (Wildman–Crippen LogP) is 2.48. The van der Waals surface area contributed by atoms with Gasteiger partial charge in [-0.05, 0) is 45.7 Å². The van der Waals surface area contributed by atoms with E-state index in [4.69, 9.17) is 5.73 Å². The molecule has 86 valence electrons. The molecule has 2 N–H and O–H groups in total. The quantitative estimate of drug-likeness (QED) is 0.684. The normalized spacial score (nSPS) is 12.9. The van der Waals surface area contributed by atoms with E-state index in [2.05, 4.69) is 39.5 Å². The summed E-state index contributed by atoms with van der Waals surface area (Å²) in [5.74, 6) is 0.815. The van der Waals surface area contributed by atoms with E-state index in [9.17, 15) is 0 Å². The van der Waals surface area contributed by atoms with Gasteiger partial charge in [0, 0.05) is 12.1 Å². The Morgan fingerprint density at radius 1 is 1.29 bits per heavy atom. The fraction of sp³-hybridized carbons (Fsp3) is 1.00. The van der Waals surface area contributed by atoms with Gasteiger partial charge < -0.3 is 5.73 Å². The summed E-state index contributed by atoms with van der Waals surface area (Å²) >= 11 is 0. The van der Waals surface area contributed by atoms with Crippen LogP contribution in [0.5, 0.6) is 0 Å². The second kappa shape index (κ2) is 6.41. The van der Waals surface area contributed by atoms with E-state index < -0.39 is 0 Å². The van der Waals surface area contributed by atoms with Gasteiger partial charge in [0.15, 0.2) is 0 Å². The Bertz CT molecular complexity index is 141. The Balaban J connectivity index is 3.91. The molecule has 0 aliphatic carbocycles. The second-order valence-corrected chi connectivity index (χ2v) is 5.13. The first-order valence-electron chi connectivity index (χ1n) is 5.89. The molecule has 0 spiro atoms. The molecule has 0 saturated carbocycles. The molecular formula is C12H28N2. The number of hydrogen-bond acceptors (Lipinski definition) is 2. The van der Waals surface area contributed by atoms with Crippen molar-refractivity contribution in [3.8, 4) is 0 Å². The van der Waals surface area contributed by atoms with Crippen molar-refractivity contribution in [1.82, 2.24) is 4.90 Å². The van der Waals surface area contributed by atoms with Crippen LogP contribution in [0, 0.1) is 5.92 Å². The highest BCUT2D eigenvalue weighted by atomic mass is 15.2. The zero-order valence-electron chi connectivity index (χ0n) is 10.6. The minimum atomic E-state index is 0.158. The van der Waals surface area contributed by atoms with Gasteiger partial charge in [0.25, 0.3) is 0 Å². The molecule has 0 aliphatic rings. The van der Waals surface area contributed by atoms with Crippen LogP contribution in [-0.4, -0.2) is 30.1 Å². The van der Waals surface area contributed by atoms with Gasteiger partial charge in [-0.25, -0.2) is 0 Å². The summed E-state index contributed by atoms with van der Waals surface area (Å²) in [7, 11) is 0. The first-order valence-corrected chi connectivity index (χ1v) is 5.89. The lowest BCUT2D eigenvalue weighted by atomic mass is 10.0. The molecule has 0 radical (unpaired) electrons. The molecule has 0 heterocycles. The summed E-state index contributed by atoms with van der Waals surface area (Å²) in [6.45, 7) is 14.3.